The third-order valence-electron chi connectivity index (χ3n) is 12.7. The number of halogens is 3. The molecule has 4 bridgehead atoms. The van der Waals surface area contributed by atoms with Gasteiger partial charge in [0.2, 0.25) is 11.8 Å². The number of hydrogen-bond acceptors (Lipinski definition) is 16. The zero-order valence-corrected chi connectivity index (χ0v) is 45.3. The summed E-state index contributed by atoms with van der Waals surface area (Å²) in [4.78, 5) is 45.8. The number of benzene rings is 2. The van der Waals surface area contributed by atoms with Gasteiger partial charge in [-0.15, -0.1) is 0 Å². The van der Waals surface area contributed by atoms with Crippen LogP contribution in [0.1, 0.15) is 117 Å². The predicted molar refractivity (Wildman–Crippen MR) is 272 cm³/mol. The van der Waals surface area contributed by atoms with E-state index in [9.17, 15) is 35.2 Å². The van der Waals surface area contributed by atoms with Gasteiger partial charge in [0.05, 0.1) is 26.7 Å². The topological polar surface area (TPSA) is 235 Å². The van der Waals surface area contributed by atoms with E-state index in [1.165, 1.54) is 36.9 Å². The average Bonchev–Trinajstić information content (AvgIpc) is 3.26. The number of hydrogen-bond donors (Lipinski definition) is 2. The van der Waals surface area contributed by atoms with Gasteiger partial charge >= 0.3 is 12.2 Å². The monoisotopic (exact) mass is 1080 g/mol. The number of aromatic nitrogens is 4. The highest BCUT2D eigenvalue weighted by Crippen LogP contribution is 2.39. The molecule has 0 saturated carbocycles. The molecule has 3 N–H and O–H groups in total. The number of nitrogens with zero attached hydrogens (tertiary/aromatic N) is 6. The normalized spacial score (nSPS) is 21.8. The molecule has 4 aliphatic rings. The number of fused-ring (bicyclic) bond motifs is 4. The lowest BCUT2D eigenvalue weighted by Gasteiger charge is -2.48. The van der Waals surface area contributed by atoms with E-state index in [1.807, 2.05) is 58.3 Å². The standard InChI is InChI=1S/C25H33FN4O5S.C18H26ClN3O3.C7H8FNO2S/c1-15-22(29-21-10-9-19(13-20(21)26)36(5,32)33)27-14-28-23(15)34-18-11-16-7-6-8-17(12-18)30(16)24(31)35-25(2,3)4;1-11-15(19)20-10-21-16(11)24-14-8-12-6-5-7-13(9-14)22(12)17(23)25-18(2,3)4;1-12(10,11)5-2-3-7(9)6(8)4-5/h9-10,13-14,16-18H,6-8,11-12H2,1-5H3,(H,27,28,29);10,12-14H,5-9H2,1-4H3;2-4H,9H2,1H3. The smallest absolute Gasteiger partial charge is 0.410 e. The Kier molecular flexibility index (Phi) is 17.8. The first-order valence-corrected chi connectivity index (χ1v) is 28.3. The van der Waals surface area contributed by atoms with Crippen LogP contribution in [0.5, 0.6) is 11.8 Å². The Bertz CT molecular complexity index is 2840. The van der Waals surface area contributed by atoms with E-state index in [-0.39, 0.29) is 69.7 Å². The zero-order valence-electron chi connectivity index (χ0n) is 42.9. The molecule has 4 aromatic rings. The minimum Gasteiger partial charge on any atom is -0.474 e. The Morgan fingerprint density at radius 3 is 1.48 bits per heavy atom. The van der Waals surface area contributed by atoms with E-state index in [1.54, 1.807) is 6.92 Å². The fraction of sp³-hybridized carbons (Fsp3) is 0.560. The lowest BCUT2D eigenvalue weighted by Crippen LogP contribution is -2.57. The first-order valence-electron chi connectivity index (χ1n) is 24.1. The van der Waals surface area contributed by atoms with Crippen molar-refractivity contribution < 1.29 is 54.2 Å². The van der Waals surface area contributed by atoms with E-state index < -0.39 is 42.5 Å². The van der Waals surface area contributed by atoms with Crippen molar-refractivity contribution in [2.24, 2.45) is 0 Å². The first kappa shape index (κ1) is 56.7. The molecule has 4 atom stereocenters. The number of nitrogens with one attached hydrogen (secondary N) is 1. The minimum absolute atomic E-state index is 0.0265. The molecule has 2 aromatic heterocycles. The van der Waals surface area contributed by atoms with Gasteiger partial charge in [0.25, 0.3) is 0 Å². The Hall–Kier alpha value is -5.61. The molecule has 2 aromatic carbocycles. The van der Waals surface area contributed by atoms with E-state index in [0.29, 0.717) is 41.1 Å². The largest absolute Gasteiger partial charge is 0.474 e. The van der Waals surface area contributed by atoms with E-state index >= 15 is 0 Å². The van der Waals surface area contributed by atoms with Crippen LogP contribution in [0.2, 0.25) is 5.15 Å². The van der Waals surface area contributed by atoms with Crippen LogP contribution in [0.4, 0.5) is 35.6 Å². The fourth-order valence-electron chi connectivity index (χ4n) is 9.30. The molecule has 4 fully saturated rings. The molecule has 4 aliphatic heterocycles. The Labute approximate surface area is 431 Å². The van der Waals surface area contributed by atoms with Gasteiger partial charge < -0.3 is 39.8 Å². The summed E-state index contributed by atoms with van der Waals surface area (Å²) in [7, 11) is -6.85. The van der Waals surface area contributed by atoms with Crippen LogP contribution in [0, 0.1) is 25.5 Å². The third kappa shape index (κ3) is 15.2. The molecule has 2 amide bonds. The number of anilines is 3. The van der Waals surface area contributed by atoms with Crippen LogP contribution in [0.25, 0.3) is 0 Å². The van der Waals surface area contributed by atoms with Crippen molar-refractivity contribution in [3.63, 3.8) is 0 Å². The zero-order chi connectivity index (χ0) is 53.8. The number of nitrogens with two attached hydrogens (primary N) is 1. The van der Waals surface area contributed by atoms with Crippen molar-refractivity contribution in [3.8, 4) is 11.8 Å². The fourth-order valence-corrected chi connectivity index (χ4v) is 10.7. The van der Waals surface area contributed by atoms with Crippen LogP contribution in [-0.2, 0) is 29.1 Å². The number of carbonyl (C=O) groups is 2. The van der Waals surface area contributed by atoms with Gasteiger partial charge in [-0.1, -0.05) is 11.6 Å². The molecule has 8 rings (SSSR count). The van der Waals surface area contributed by atoms with Crippen molar-refractivity contribution >= 4 is 60.7 Å². The Morgan fingerprint density at radius 1 is 0.658 bits per heavy atom. The van der Waals surface area contributed by atoms with Gasteiger partial charge in [-0.2, -0.15) is 0 Å². The Balaban J connectivity index is 0.000000202. The molecule has 4 saturated heterocycles. The molecular weight excluding hydrogens is 1010 g/mol. The second kappa shape index (κ2) is 22.9. The molecule has 4 unspecified atom stereocenters. The van der Waals surface area contributed by atoms with E-state index in [4.69, 9.17) is 36.3 Å². The summed E-state index contributed by atoms with van der Waals surface area (Å²) < 4.78 is 96.1. The third-order valence-corrected chi connectivity index (χ3v) is 15.3. The lowest BCUT2D eigenvalue weighted by atomic mass is 9.83. The Morgan fingerprint density at radius 2 is 1.07 bits per heavy atom. The average molecular weight is 1080 g/mol. The summed E-state index contributed by atoms with van der Waals surface area (Å²) >= 11 is 6.05. The molecule has 0 radical (unpaired) electrons. The van der Waals surface area contributed by atoms with Gasteiger partial charge in [-0.3, -0.25) is 0 Å². The first-order chi connectivity index (χ1) is 34.0. The molecule has 73 heavy (non-hydrogen) atoms. The van der Waals surface area contributed by atoms with E-state index in [0.717, 1.165) is 81.6 Å². The van der Waals surface area contributed by atoms with Crippen molar-refractivity contribution in [3.05, 3.63) is 77.0 Å². The summed E-state index contributed by atoms with van der Waals surface area (Å²) in [5, 5.41) is 3.32. The minimum atomic E-state index is -3.52. The number of ether oxygens (including phenoxy) is 4. The maximum atomic E-state index is 14.6. The highest BCUT2D eigenvalue weighted by atomic mass is 35.5. The number of rotatable bonds is 8. The van der Waals surface area contributed by atoms with Crippen LogP contribution in [0.15, 0.2) is 58.8 Å². The summed E-state index contributed by atoms with van der Waals surface area (Å²) in [6.45, 7) is 14.9. The lowest BCUT2D eigenvalue weighted by molar-refractivity contribution is -0.0423. The molecule has 0 spiro atoms. The van der Waals surface area contributed by atoms with Gasteiger partial charge in [-0.25, -0.2) is 55.1 Å². The maximum Gasteiger partial charge on any atom is 0.410 e. The summed E-state index contributed by atoms with van der Waals surface area (Å²) in [6, 6.07) is 7.48. The van der Waals surface area contributed by atoms with Crippen LogP contribution in [-0.4, -0.2) is 119 Å². The predicted octanol–water partition coefficient (Wildman–Crippen LogP) is 9.72. The van der Waals surface area contributed by atoms with Crippen LogP contribution >= 0.6 is 11.6 Å². The van der Waals surface area contributed by atoms with Crippen molar-refractivity contribution in [1.29, 1.82) is 0 Å². The van der Waals surface area contributed by atoms with Crippen LogP contribution in [0.3, 0.4) is 0 Å². The molecule has 23 heteroatoms. The van der Waals surface area contributed by atoms with Crippen molar-refractivity contribution in [1.82, 2.24) is 29.7 Å². The van der Waals surface area contributed by atoms with E-state index in [2.05, 4.69) is 25.3 Å². The summed E-state index contributed by atoms with van der Waals surface area (Å²) in [6.07, 6.45) is 13.1. The quantitative estimate of drug-likeness (QED) is 0.123. The van der Waals surface area contributed by atoms with Gasteiger partial charge in [0.15, 0.2) is 19.7 Å². The number of piperidine rings is 4. The summed E-state index contributed by atoms with van der Waals surface area (Å²) in [5.41, 5.74) is 5.53. The van der Waals surface area contributed by atoms with Crippen molar-refractivity contribution in [2.75, 3.05) is 23.6 Å². The number of sulfone groups is 2. The number of carbonyl (C=O) groups excluding carboxylic acids is 2. The van der Waals surface area contributed by atoms with Gasteiger partial charge in [-0.05, 0) is 130 Å². The maximum absolute atomic E-state index is 14.6. The molecular formula is C50H67ClF2N8O10S2. The SMILES string of the molecule is CS(=O)(=O)c1ccc(N)c(F)c1.Cc1c(Cl)ncnc1OC1CC2CCCC(C1)N2C(=O)OC(C)(C)C.Cc1c(Nc2ccc(S(C)(=O)=O)cc2F)ncnc1OC1CC2CCCC(C1)N2C(=O)OC(C)(C)C. The van der Waals surface area contributed by atoms with Crippen LogP contribution < -0.4 is 20.5 Å². The molecule has 18 nitrogen and oxygen atoms in total. The second-order valence-electron chi connectivity index (χ2n) is 20.9. The highest BCUT2D eigenvalue weighted by Gasteiger charge is 2.45. The molecule has 6 heterocycles. The van der Waals surface area contributed by atoms with Crippen molar-refractivity contribution in [2.45, 2.75) is 177 Å². The van der Waals surface area contributed by atoms with Gasteiger partial charge in [0.1, 0.15) is 58.7 Å². The number of nitrogen functional groups attached to an aromatic ring is 1. The highest BCUT2D eigenvalue weighted by molar-refractivity contribution is 7.91. The molecule has 400 valence electrons. The summed E-state index contributed by atoms with van der Waals surface area (Å²) in [5.74, 6) is -0.140. The number of amides is 2. The molecule has 0 aliphatic carbocycles. The van der Waals surface area contributed by atoms with Gasteiger partial charge in [0, 0.05) is 67.9 Å². The second-order valence-corrected chi connectivity index (χ2v) is 25.3.